The van der Waals surface area contributed by atoms with E-state index in [1.807, 2.05) is 14.0 Å². The lowest BCUT2D eigenvalue weighted by atomic mass is 10.3. The van der Waals surface area contributed by atoms with E-state index in [0.29, 0.717) is 6.54 Å². The van der Waals surface area contributed by atoms with E-state index in [9.17, 15) is 8.42 Å². The minimum atomic E-state index is -3.74. The van der Waals surface area contributed by atoms with Crippen LogP contribution in [-0.2, 0) is 29.1 Å². The van der Waals surface area contributed by atoms with E-state index in [4.69, 9.17) is 10.7 Å². The molecule has 0 aliphatic heterocycles. The lowest BCUT2D eigenvalue weighted by Gasteiger charge is -2.03. The molecule has 2 aromatic heterocycles. The summed E-state index contributed by atoms with van der Waals surface area (Å²) in [5.74, 6) is 0. The third-order valence-electron chi connectivity index (χ3n) is 2.71. The number of halogens is 2. The molecule has 2 heterocycles. The molecular formula is C10H12BrClN4O2S. The Hall–Kier alpha value is -0.860. The summed E-state index contributed by atoms with van der Waals surface area (Å²) >= 11 is 3.50. The van der Waals surface area contributed by atoms with Crippen LogP contribution >= 0.6 is 26.6 Å². The van der Waals surface area contributed by atoms with Gasteiger partial charge in [0.1, 0.15) is 4.90 Å². The Morgan fingerprint density at radius 1 is 1.47 bits per heavy atom. The zero-order valence-corrected chi connectivity index (χ0v) is 13.5. The average molecular weight is 368 g/mol. The van der Waals surface area contributed by atoms with E-state index >= 15 is 0 Å². The summed E-state index contributed by atoms with van der Waals surface area (Å²) < 4.78 is 26.5. The smallest absolute Gasteiger partial charge is 0.264 e. The van der Waals surface area contributed by atoms with Crippen molar-refractivity contribution in [2.24, 2.45) is 7.05 Å². The Bertz CT molecular complexity index is 707. The van der Waals surface area contributed by atoms with Crippen LogP contribution in [0.1, 0.15) is 18.3 Å². The Morgan fingerprint density at radius 3 is 2.63 bits per heavy atom. The highest BCUT2D eigenvalue weighted by Crippen LogP contribution is 2.22. The first kappa shape index (κ1) is 14.5. The lowest BCUT2D eigenvalue weighted by molar-refractivity contribution is 0.606. The first-order valence-electron chi connectivity index (χ1n) is 5.50. The maximum Gasteiger partial charge on any atom is 0.264 e. The maximum absolute atomic E-state index is 11.2. The molecule has 0 bridgehead atoms. The molecule has 6 nitrogen and oxygen atoms in total. The Balaban J connectivity index is 2.32. The molecule has 0 aliphatic rings. The third kappa shape index (κ3) is 3.01. The molecule has 0 saturated heterocycles. The predicted molar refractivity (Wildman–Crippen MR) is 74.7 cm³/mol. The van der Waals surface area contributed by atoms with Gasteiger partial charge in [0, 0.05) is 23.9 Å². The van der Waals surface area contributed by atoms with Crippen molar-refractivity contribution in [3.63, 3.8) is 0 Å². The van der Waals surface area contributed by atoms with Crippen LogP contribution in [0.3, 0.4) is 0 Å². The maximum atomic E-state index is 11.2. The molecule has 104 valence electrons. The summed E-state index contributed by atoms with van der Waals surface area (Å²) in [6.45, 7) is 2.43. The number of hydrogen-bond donors (Lipinski definition) is 0. The summed E-state index contributed by atoms with van der Waals surface area (Å²) in [5.41, 5.74) is 1.87. The zero-order chi connectivity index (χ0) is 14.2. The Morgan fingerprint density at radius 2 is 2.16 bits per heavy atom. The van der Waals surface area contributed by atoms with Gasteiger partial charge < -0.3 is 0 Å². The monoisotopic (exact) mass is 366 g/mol. The molecule has 19 heavy (non-hydrogen) atoms. The van der Waals surface area contributed by atoms with Gasteiger partial charge in [0.2, 0.25) is 0 Å². The van der Waals surface area contributed by atoms with Gasteiger partial charge in [-0.1, -0.05) is 6.92 Å². The summed E-state index contributed by atoms with van der Waals surface area (Å²) in [6.07, 6.45) is 3.44. The van der Waals surface area contributed by atoms with E-state index in [1.54, 1.807) is 4.68 Å². The van der Waals surface area contributed by atoms with Gasteiger partial charge in [0.15, 0.2) is 0 Å². The van der Waals surface area contributed by atoms with Crippen LogP contribution in [0.15, 0.2) is 21.8 Å². The van der Waals surface area contributed by atoms with Crippen LogP contribution in [-0.4, -0.2) is 28.0 Å². The van der Waals surface area contributed by atoms with Crippen molar-refractivity contribution in [1.29, 1.82) is 0 Å². The van der Waals surface area contributed by atoms with E-state index in [0.717, 1.165) is 22.3 Å². The fraction of sp³-hybridized carbons (Fsp3) is 0.400. The third-order valence-corrected chi connectivity index (χ3v) is 4.93. The van der Waals surface area contributed by atoms with Crippen molar-refractivity contribution in [3.8, 4) is 0 Å². The molecule has 0 atom stereocenters. The van der Waals surface area contributed by atoms with Crippen LogP contribution in [0, 0.1) is 0 Å². The van der Waals surface area contributed by atoms with Crippen LogP contribution in [0.4, 0.5) is 0 Å². The van der Waals surface area contributed by atoms with E-state index in [1.165, 1.54) is 17.1 Å². The molecule has 9 heteroatoms. The van der Waals surface area contributed by atoms with Gasteiger partial charge in [-0.2, -0.15) is 10.2 Å². The second-order valence-corrected chi connectivity index (χ2v) is 7.35. The second kappa shape index (κ2) is 5.26. The second-order valence-electron chi connectivity index (χ2n) is 4.00. The summed E-state index contributed by atoms with van der Waals surface area (Å²) in [7, 11) is 3.35. The Kier molecular flexibility index (Phi) is 4.03. The summed E-state index contributed by atoms with van der Waals surface area (Å²) in [4.78, 5) is -0.0110. The molecule has 0 unspecified atom stereocenters. The van der Waals surface area contributed by atoms with Crippen molar-refractivity contribution in [2.45, 2.75) is 24.8 Å². The SMILES string of the molecule is CCc1nn(C)c(Cn2cc(S(=O)(=O)Cl)cn2)c1Br. The highest BCUT2D eigenvalue weighted by atomic mass is 79.9. The molecule has 2 aromatic rings. The number of rotatable bonds is 4. The highest BCUT2D eigenvalue weighted by molar-refractivity contribution is 9.10. The van der Waals surface area contributed by atoms with Crippen molar-refractivity contribution >= 4 is 35.7 Å². The largest absolute Gasteiger partial charge is 0.269 e. The van der Waals surface area contributed by atoms with E-state index in [-0.39, 0.29) is 4.90 Å². The average Bonchev–Trinajstić information content (AvgIpc) is 2.88. The topological polar surface area (TPSA) is 69.8 Å². The fourth-order valence-electron chi connectivity index (χ4n) is 1.70. The van der Waals surface area contributed by atoms with Crippen molar-refractivity contribution in [2.75, 3.05) is 0 Å². The molecule has 0 N–H and O–H groups in total. The van der Waals surface area contributed by atoms with Crippen molar-refractivity contribution in [3.05, 3.63) is 28.3 Å². The van der Waals surface area contributed by atoms with E-state index in [2.05, 4.69) is 26.1 Å². The number of nitrogens with zero attached hydrogens (tertiary/aromatic N) is 4. The summed E-state index contributed by atoms with van der Waals surface area (Å²) in [5, 5.41) is 8.35. The molecule has 0 radical (unpaired) electrons. The predicted octanol–water partition coefficient (Wildman–Crippen LogP) is 1.92. The van der Waals surface area contributed by atoms with Gasteiger partial charge in [0.05, 0.1) is 28.6 Å². The van der Waals surface area contributed by atoms with Crippen LogP contribution in [0.2, 0.25) is 0 Å². The molecule has 0 aliphatic carbocycles. The molecular weight excluding hydrogens is 356 g/mol. The number of hydrogen-bond acceptors (Lipinski definition) is 4. The lowest BCUT2D eigenvalue weighted by Crippen LogP contribution is -2.06. The molecule has 0 fully saturated rings. The van der Waals surface area contributed by atoms with Crippen LogP contribution in [0.25, 0.3) is 0 Å². The van der Waals surface area contributed by atoms with E-state index < -0.39 is 9.05 Å². The molecule has 0 spiro atoms. The first-order valence-corrected chi connectivity index (χ1v) is 8.60. The first-order chi connectivity index (χ1) is 8.82. The normalized spacial score (nSPS) is 12.0. The minimum Gasteiger partial charge on any atom is -0.269 e. The Labute approximate surface area is 123 Å². The van der Waals surface area contributed by atoms with Gasteiger partial charge in [-0.25, -0.2) is 8.42 Å². The van der Waals surface area contributed by atoms with Crippen molar-refractivity contribution in [1.82, 2.24) is 19.6 Å². The van der Waals surface area contributed by atoms with Gasteiger partial charge in [-0.05, 0) is 22.4 Å². The van der Waals surface area contributed by atoms with Crippen molar-refractivity contribution < 1.29 is 8.42 Å². The van der Waals surface area contributed by atoms with Gasteiger partial charge >= 0.3 is 0 Å². The number of aryl methyl sites for hydroxylation is 2. The van der Waals surface area contributed by atoms with Crippen LogP contribution < -0.4 is 0 Å². The van der Waals surface area contributed by atoms with Gasteiger partial charge in [0.25, 0.3) is 9.05 Å². The minimum absolute atomic E-state index is 0.0110. The standard InChI is InChI=1S/C10H12BrClN4O2S/c1-3-8-10(11)9(15(2)14-8)6-16-5-7(4-13-16)19(12,17)18/h4-5H,3,6H2,1-2H3. The molecule has 0 saturated carbocycles. The zero-order valence-electron chi connectivity index (χ0n) is 10.3. The molecule has 2 rings (SSSR count). The summed E-state index contributed by atoms with van der Waals surface area (Å²) in [6, 6.07) is 0. The fourth-order valence-corrected chi connectivity index (χ4v) is 3.10. The van der Waals surface area contributed by atoms with Gasteiger partial charge in [-0.3, -0.25) is 9.36 Å². The van der Waals surface area contributed by atoms with Crippen LogP contribution in [0.5, 0.6) is 0 Å². The highest BCUT2D eigenvalue weighted by Gasteiger charge is 2.16. The van der Waals surface area contributed by atoms with Gasteiger partial charge in [-0.15, -0.1) is 0 Å². The quantitative estimate of drug-likeness (QED) is 0.774. The molecule has 0 aromatic carbocycles. The number of aromatic nitrogens is 4. The molecule has 0 amide bonds.